The summed E-state index contributed by atoms with van der Waals surface area (Å²) in [4.78, 5) is 12.0. The summed E-state index contributed by atoms with van der Waals surface area (Å²) in [7, 11) is -1.99. The normalized spacial score (nSPS) is 11.4. The maximum Gasteiger partial charge on any atom is 0.232 e. The molecule has 136 valence electrons. The van der Waals surface area contributed by atoms with Crippen LogP contribution in [0.2, 0.25) is 0 Å². The Bertz CT molecular complexity index is 655. The molecule has 1 aromatic carbocycles. The molecule has 0 radical (unpaired) electrons. The fraction of sp³-hybridized carbons (Fsp3) is 0.588. The maximum atomic E-state index is 12.2. The standard InChI is InChI=1S/C17H28N2O4S/c1-6-14(7-2)17(20)18-10-11-19(24(5,21)22)15-12-13(3)8-9-16(15)23-4/h8-9,12,14H,6-7,10-11H2,1-5H3,(H,18,20). The molecule has 7 heteroatoms. The number of nitrogens with one attached hydrogen (secondary N) is 1. The van der Waals surface area contributed by atoms with Gasteiger partial charge < -0.3 is 10.1 Å². The lowest BCUT2D eigenvalue weighted by atomic mass is 10.0. The summed E-state index contributed by atoms with van der Waals surface area (Å²) in [6, 6.07) is 5.37. The van der Waals surface area contributed by atoms with Crippen molar-refractivity contribution in [3.8, 4) is 5.75 Å². The van der Waals surface area contributed by atoms with Crippen LogP contribution >= 0.6 is 0 Å². The van der Waals surface area contributed by atoms with Crippen LogP contribution in [0.15, 0.2) is 18.2 Å². The average Bonchev–Trinajstić information content (AvgIpc) is 2.51. The number of hydrogen-bond donors (Lipinski definition) is 1. The molecule has 0 aliphatic carbocycles. The zero-order valence-electron chi connectivity index (χ0n) is 15.1. The van der Waals surface area contributed by atoms with Gasteiger partial charge in [0, 0.05) is 12.5 Å². The number of rotatable bonds is 9. The second kappa shape index (κ2) is 8.92. The van der Waals surface area contributed by atoms with Gasteiger partial charge in [-0.1, -0.05) is 19.9 Å². The van der Waals surface area contributed by atoms with Crippen LogP contribution in [0, 0.1) is 12.8 Å². The van der Waals surface area contributed by atoms with Crippen LogP contribution in [0.25, 0.3) is 0 Å². The summed E-state index contributed by atoms with van der Waals surface area (Å²) in [5, 5.41) is 2.82. The highest BCUT2D eigenvalue weighted by Gasteiger charge is 2.22. The van der Waals surface area contributed by atoms with E-state index in [4.69, 9.17) is 4.74 Å². The number of benzene rings is 1. The van der Waals surface area contributed by atoms with Gasteiger partial charge in [-0.2, -0.15) is 0 Å². The summed E-state index contributed by atoms with van der Waals surface area (Å²) in [6.45, 7) is 6.23. The largest absolute Gasteiger partial charge is 0.495 e. The van der Waals surface area contributed by atoms with Crippen LogP contribution in [-0.4, -0.2) is 40.8 Å². The lowest BCUT2D eigenvalue weighted by Crippen LogP contribution is -2.40. The van der Waals surface area contributed by atoms with Crippen LogP contribution in [-0.2, 0) is 14.8 Å². The predicted molar refractivity (Wildman–Crippen MR) is 97.0 cm³/mol. The minimum Gasteiger partial charge on any atom is -0.495 e. The Labute approximate surface area is 145 Å². The second-order valence-electron chi connectivity index (χ2n) is 5.81. The van der Waals surface area contributed by atoms with Gasteiger partial charge in [0.15, 0.2) is 0 Å². The van der Waals surface area contributed by atoms with E-state index in [1.54, 1.807) is 12.1 Å². The van der Waals surface area contributed by atoms with Crippen molar-refractivity contribution in [2.75, 3.05) is 30.8 Å². The predicted octanol–water partition coefficient (Wildman–Crippen LogP) is 2.32. The summed E-state index contributed by atoms with van der Waals surface area (Å²) in [5.41, 5.74) is 1.41. The number of amides is 1. The van der Waals surface area contributed by atoms with Crippen molar-refractivity contribution in [1.29, 1.82) is 0 Å². The average molecular weight is 356 g/mol. The number of sulfonamides is 1. The third kappa shape index (κ3) is 5.40. The first-order valence-electron chi connectivity index (χ1n) is 8.14. The van der Waals surface area contributed by atoms with Crippen molar-refractivity contribution in [1.82, 2.24) is 5.32 Å². The van der Waals surface area contributed by atoms with Gasteiger partial charge in [-0.15, -0.1) is 0 Å². The lowest BCUT2D eigenvalue weighted by Gasteiger charge is -2.25. The Kier molecular flexibility index (Phi) is 7.54. The van der Waals surface area contributed by atoms with Crippen LogP contribution in [0.4, 0.5) is 5.69 Å². The van der Waals surface area contributed by atoms with Crippen LogP contribution in [0.1, 0.15) is 32.3 Å². The summed E-state index contributed by atoms with van der Waals surface area (Å²) < 4.78 is 30.9. The van der Waals surface area contributed by atoms with Gasteiger partial charge in [-0.25, -0.2) is 8.42 Å². The van der Waals surface area contributed by atoms with Gasteiger partial charge in [-0.3, -0.25) is 9.10 Å². The van der Waals surface area contributed by atoms with Crippen molar-refractivity contribution in [3.05, 3.63) is 23.8 Å². The number of carbonyl (C=O) groups excluding carboxylic acids is 1. The first-order chi connectivity index (χ1) is 11.2. The van der Waals surface area contributed by atoms with Crippen molar-refractivity contribution in [3.63, 3.8) is 0 Å². The first kappa shape index (κ1) is 20.3. The number of hydrogen-bond acceptors (Lipinski definition) is 4. The lowest BCUT2D eigenvalue weighted by molar-refractivity contribution is -0.125. The molecule has 1 aromatic rings. The SMILES string of the molecule is CCC(CC)C(=O)NCCN(c1cc(C)ccc1OC)S(C)(=O)=O. The van der Waals surface area contributed by atoms with Crippen molar-refractivity contribution >= 4 is 21.6 Å². The molecule has 0 bridgehead atoms. The van der Waals surface area contributed by atoms with Crippen LogP contribution < -0.4 is 14.4 Å². The Balaban J connectivity index is 2.93. The van der Waals surface area contributed by atoms with Gasteiger partial charge in [-0.05, 0) is 37.5 Å². The number of carbonyl (C=O) groups is 1. The number of anilines is 1. The van der Waals surface area contributed by atoms with E-state index in [1.165, 1.54) is 11.4 Å². The van der Waals surface area contributed by atoms with Crippen LogP contribution in [0.3, 0.4) is 0 Å². The minimum atomic E-state index is -3.49. The Morgan fingerprint density at radius 2 is 1.92 bits per heavy atom. The Morgan fingerprint density at radius 3 is 2.42 bits per heavy atom. The molecule has 24 heavy (non-hydrogen) atoms. The Morgan fingerprint density at radius 1 is 1.29 bits per heavy atom. The molecule has 0 aliphatic rings. The summed E-state index contributed by atoms with van der Waals surface area (Å²) >= 11 is 0. The molecule has 0 atom stereocenters. The van der Waals surface area contributed by atoms with E-state index in [9.17, 15) is 13.2 Å². The molecule has 0 saturated heterocycles. The molecular formula is C17H28N2O4S. The van der Waals surface area contributed by atoms with E-state index in [0.717, 1.165) is 24.7 Å². The third-order valence-electron chi connectivity index (χ3n) is 3.97. The highest BCUT2D eigenvalue weighted by molar-refractivity contribution is 7.92. The number of ether oxygens (including phenoxy) is 1. The quantitative estimate of drug-likeness (QED) is 0.737. The molecule has 1 N–H and O–H groups in total. The maximum absolute atomic E-state index is 12.2. The highest BCUT2D eigenvalue weighted by atomic mass is 32.2. The molecule has 0 unspecified atom stereocenters. The summed E-state index contributed by atoms with van der Waals surface area (Å²) in [5.74, 6) is 0.409. The van der Waals surface area contributed by atoms with Gasteiger partial charge in [0.1, 0.15) is 5.75 Å². The van der Waals surface area contributed by atoms with E-state index < -0.39 is 10.0 Å². The van der Waals surface area contributed by atoms with Gasteiger partial charge in [0.05, 0.1) is 25.6 Å². The molecule has 1 amide bonds. The zero-order chi connectivity index (χ0) is 18.3. The second-order valence-corrected chi connectivity index (χ2v) is 7.72. The molecular weight excluding hydrogens is 328 g/mol. The fourth-order valence-electron chi connectivity index (χ4n) is 2.54. The third-order valence-corrected chi connectivity index (χ3v) is 5.15. The Hall–Kier alpha value is -1.76. The first-order valence-corrected chi connectivity index (χ1v) is 9.99. The van der Waals surface area contributed by atoms with E-state index in [1.807, 2.05) is 26.8 Å². The monoisotopic (exact) mass is 356 g/mol. The van der Waals surface area contributed by atoms with E-state index in [0.29, 0.717) is 11.4 Å². The molecule has 1 rings (SSSR count). The van der Waals surface area contributed by atoms with Crippen molar-refractivity contribution in [2.45, 2.75) is 33.6 Å². The van der Waals surface area contributed by atoms with E-state index in [-0.39, 0.29) is 24.9 Å². The smallest absolute Gasteiger partial charge is 0.232 e. The number of nitrogens with zero attached hydrogens (tertiary/aromatic N) is 1. The molecule has 0 fully saturated rings. The molecule has 6 nitrogen and oxygen atoms in total. The van der Waals surface area contributed by atoms with Crippen LogP contribution in [0.5, 0.6) is 5.75 Å². The number of aryl methyl sites for hydroxylation is 1. The zero-order valence-corrected chi connectivity index (χ0v) is 15.9. The van der Waals surface area contributed by atoms with Gasteiger partial charge in [0.2, 0.25) is 15.9 Å². The minimum absolute atomic E-state index is 0.0369. The molecule has 0 spiro atoms. The topological polar surface area (TPSA) is 75.7 Å². The van der Waals surface area contributed by atoms with E-state index in [2.05, 4.69) is 5.32 Å². The molecule has 0 aromatic heterocycles. The number of methoxy groups -OCH3 is 1. The van der Waals surface area contributed by atoms with Gasteiger partial charge >= 0.3 is 0 Å². The van der Waals surface area contributed by atoms with E-state index >= 15 is 0 Å². The molecule has 0 saturated carbocycles. The highest BCUT2D eigenvalue weighted by Crippen LogP contribution is 2.30. The molecule has 0 aliphatic heterocycles. The van der Waals surface area contributed by atoms with Gasteiger partial charge in [0.25, 0.3) is 0 Å². The summed E-state index contributed by atoms with van der Waals surface area (Å²) in [6.07, 6.45) is 2.69. The van der Waals surface area contributed by atoms with Crippen molar-refractivity contribution in [2.24, 2.45) is 5.92 Å². The van der Waals surface area contributed by atoms with Crippen molar-refractivity contribution < 1.29 is 17.9 Å². The fourth-order valence-corrected chi connectivity index (χ4v) is 3.47. The molecule has 0 heterocycles.